The fourth-order valence-electron chi connectivity index (χ4n) is 2.35. The van der Waals surface area contributed by atoms with Crippen LogP contribution in [0.5, 0.6) is 5.75 Å². The molecule has 0 atom stereocenters. The summed E-state index contributed by atoms with van der Waals surface area (Å²) in [6, 6.07) is 14.4. The molecule has 25 heavy (non-hydrogen) atoms. The molecule has 0 bridgehead atoms. The molecule has 1 saturated heterocycles. The van der Waals surface area contributed by atoms with Crippen LogP contribution in [0.1, 0.15) is 19.4 Å². The topological polar surface area (TPSA) is 52.9 Å². The lowest BCUT2D eigenvalue weighted by molar-refractivity contribution is -0.113. The number of thioether (sulfide) groups is 1. The van der Waals surface area contributed by atoms with Crippen molar-refractivity contribution < 1.29 is 9.90 Å². The average Bonchev–Trinajstić information content (AvgIpc) is 2.86. The van der Waals surface area contributed by atoms with Crippen molar-refractivity contribution in [2.75, 3.05) is 4.90 Å². The highest BCUT2D eigenvalue weighted by Gasteiger charge is 2.34. The first-order valence-electron chi connectivity index (χ1n) is 7.81. The molecule has 0 radical (unpaired) electrons. The van der Waals surface area contributed by atoms with E-state index in [4.69, 9.17) is 11.6 Å². The molecular weight excluding hydrogens is 356 g/mol. The highest BCUT2D eigenvalue weighted by molar-refractivity contribution is 8.19. The molecule has 0 aliphatic carbocycles. The van der Waals surface area contributed by atoms with E-state index in [0.717, 1.165) is 11.3 Å². The first kappa shape index (κ1) is 17.6. The first-order valence-corrected chi connectivity index (χ1v) is 9.00. The zero-order chi connectivity index (χ0) is 18.0. The predicted molar refractivity (Wildman–Crippen MR) is 105 cm³/mol. The van der Waals surface area contributed by atoms with Gasteiger partial charge >= 0.3 is 0 Å². The van der Waals surface area contributed by atoms with Crippen LogP contribution in [-0.4, -0.2) is 22.2 Å². The Balaban J connectivity index is 2.01. The summed E-state index contributed by atoms with van der Waals surface area (Å²) in [6.45, 7) is 3.95. The summed E-state index contributed by atoms with van der Waals surface area (Å²) in [5, 5.41) is 10.4. The van der Waals surface area contributed by atoms with Gasteiger partial charge in [0, 0.05) is 6.04 Å². The minimum Gasteiger partial charge on any atom is -0.506 e. The number of benzene rings is 2. The van der Waals surface area contributed by atoms with Gasteiger partial charge in [-0.3, -0.25) is 14.7 Å². The van der Waals surface area contributed by atoms with E-state index in [1.54, 1.807) is 23.1 Å². The minimum absolute atomic E-state index is 0.0159. The molecule has 1 amide bonds. The van der Waals surface area contributed by atoms with Gasteiger partial charge in [-0.15, -0.1) is 0 Å². The molecule has 0 aromatic heterocycles. The maximum Gasteiger partial charge on any atom is 0.271 e. The van der Waals surface area contributed by atoms with Crippen LogP contribution in [0.4, 0.5) is 5.69 Å². The van der Waals surface area contributed by atoms with Crippen molar-refractivity contribution in [1.82, 2.24) is 0 Å². The standard InChI is InChI=1S/C19H17ClN2O2S/c1-12(2)21-19-22(14-6-4-3-5-7-14)18(24)17(25-19)11-13-8-9-16(23)15(20)10-13/h3-12,23H,1-2H3/b17-11-,21-19-. The number of phenolic OH excluding ortho intramolecular Hbond substituents is 1. The molecule has 2 aromatic rings. The summed E-state index contributed by atoms with van der Waals surface area (Å²) in [7, 11) is 0. The zero-order valence-electron chi connectivity index (χ0n) is 13.8. The number of amides is 1. The van der Waals surface area contributed by atoms with Gasteiger partial charge in [0.1, 0.15) is 5.75 Å². The summed E-state index contributed by atoms with van der Waals surface area (Å²) < 4.78 is 0. The second-order valence-electron chi connectivity index (χ2n) is 5.80. The molecule has 4 nitrogen and oxygen atoms in total. The van der Waals surface area contributed by atoms with Gasteiger partial charge in [0.05, 0.1) is 15.6 Å². The molecule has 2 aromatic carbocycles. The third-order valence-electron chi connectivity index (χ3n) is 3.46. The number of para-hydroxylation sites is 1. The zero-order valence-corrected chi connectivity index (χ0v) is 15.4. The van der Waals surface area contributed by atoms with E-state index in [-0.39, 0.29) is 22.7 Å². The summed E-state index contributed by atoms with van der Waals surface area (Å²) >= 11 is 7.29. The van der Waals surface area contributed by atoms with Gasteiger partial charge in [-0.2, -0.15) is 0 Å². The lowest BCUT2D eigenvalue weighted by atomic mass is 10.2. The van der Waals surface area contributed by atoms with E-state index in [9.17, 15) is 9.90 Å². The van der Waals surface area contributed by atoms with Gasteiger partial charge in [-0.25, -0.2) is 0 Å². The Bertz CT molecular complexity index is 863. The maximum absolute atomic E-state index is 12.9. The van der Waals surface area contributed by atoms with E-state index in [0.29, 0.717) is 10.1 Å². The number of rotatable bonds is 3. The molecule has 3 rings (SSSR count). The number of hydrogen-bond acceptors (Lipinski definition) is 4. The number of hydrogen-bond donors (Lipinski definition) is 1. The molecule has 1 fully saturated rings. The van der Waals surface area contributed by atoms with Crippen LogP contribution in [-0.2, 0) is 4.79 Å². The van der Waals surface area contributed by atoms with E-state index < -0.39 is 0 Å². The Kier molecular flexibility index (Phi) is 5.16. The number of aromatic hydroxyl groups is 1. The van der Waals surface area contributed by atoms with Gasteiger partial charge in [-0.05, 0) is 61.5 Å². The van der Waals surface area contributed by atoms with Crippen LogP contribution in [0.25, 0.3) is 6.08 Å². The Morgan fingerprint density at radius 2 is 1.92 bits per heavy atom. The Hall–Kier alpha value is -2.24. The second kappa shape index (κ2) is 7.33. The van der Waals surface area contributed by atoms with Crippen molar-refractivity contribution >= 4 is 46.2 Å². The number of phenols is 1. The van der Waals surface area contributed by atoms with Crippen molar-refractivity contribution in [2.45, 2.75) is 19.9 Å². The van der Waals surface area contributed by atoms with Crippen LogP contribution in [0.2, 0.25) is 5.02 Å². The van der Waals surface area contributed by atoms with E-state index in [2.05, 4.69) is 4.99 Å². The van der Waals surface area contributed by atoms with Crippen LogP contribution in [0, 0.1) is 0 Å². The van der Waals surface area contributed by atoms with Crippen molar-refractivity contribution in [1.29, 1.82) is 0 Å². The molecule has 0 unspecified atom stereocenters. The van der Waals surface area contributed by atoms with E-state index >= 15 is 0 Å². The van der Waals surface area contributed by atoms with E-state index in [1.807, 2.05) is 44.2 Å². The van der Waals surface area contributed by atoms with E-state index in [1.165, 1.54) is 17.8 Å². The van der Waals surface area contributed by atoms with Crippen LogP contribution < -0.4 is 4.90 Å². The van der Waals surface area contributed by atoms with Crippen LogP contribution in [0.3, 0.4) is 0 Å². The smallest absolute Gasteiger partial charge is 0.271 e. The Morgan fingerprint density at radius 3 is 2.56 bits per heavy atom. The summed E-state index contributed by atoms with van der Waals surface area (Å²) in [4.78, 5) is 19.7. The fraction of sp³-hybridized carbons (Fsp3) is 0.158. The predicted octanol–water partition coefficient (Wildman–Crippen LogP) is 4.93. The minimum atomic E-state index is -0.125. The Morgan fingerprint density at radius 1 is 1.20 bits per heavy atom. The third kappa shape index (κ3) is 3.89. The lowest BCUT2D eigenvalue weighted by Gasteiger charge is -2.16. The van der Waals surface area contributed by atoms with Gasteiger partial charge in [-0.1, -0.05) is 35.9 Å². The second-order valence-corrected chi connectivity index (χ2v) is 7.22. The van der Waals surface area contributed by atoms with Gasteiger partial charge in [0.15, 0.2) is 5.17 Å². The summed E-state index contributed by atoms with van der Waals surface area (Å²) in [5.74, 6) is -0.109. The monoisotopic (exact) mass is 372 g/mol. The van der Waals surface area contributed by atoms with Gasteiger partial charge in [0.2, 0.25) is 0 Å². The van der Waals surface area contributed by atoms with Gasteiger partial charge < -0.3 is 5.11 Å². The molecule has 1 aliphatic heterocycles. The number of aliphatic imine (C=N–C) groups is 1. The number of amidine groups is 1. The number of anilines is 1. The largest absolute Gasteiger partial charge is 0.506 e. The molecule has 1 heterocycles. The number of halogens is 1. The number of nitrogens with zero attached hydrogens (tertiary/aromatic N) is 2. The summed E-state index contributed by atoms with van der Waals surface area (Å²) in [6.07, 6.45) is 1.76. The van der Waals surface area contributed by atoms with Crippen LogP contribution >= 0.6 is 23.4 Å². The molecule has 0 saturated carbocycles. The molecule has 0 spiro atoms. The number of carbonyl (C=O) groups is 1. The fourth-order valence-corrected chi connectivity index (χ4v) is 3.65. The Labute approximate surface area is 155 Å². The maximum atomic E-state index is 12.9. The molecular formula is C19H17ClN2O2S. The molecule has 1 N–H and O–H groups in total. The highest BCUT2D eigenvalue weighted by Crippen LogP contribution is 2.36. The SMILES string of the molecule is CC(C)/N=C1\S/C(=C\c2ccc(O)c(Cl)c2)C(=O)N1c1ccccc1. The van der Waals surface area contributed by atoms with Crippen molar-refractivity contribution in [3.05, 3.63) is 64.0 Å². The molecule has 6 heteroatoms. The highest BCUT2D eigenvalue weighted by atomic mass is 35.5. The van der Waals surface area contributed by atoms with Gasteiger partial charge in [0.25, 0.3) is 5.91 Å². The van der Waals surface area contributed by atoms with Crippen molar-refractivity contribution in [3.8, 4) is 5.75 Å². The molecule has 1 aliphatic rings. The molecule has 128 valence electrons. The third-order valence-corrected chi connectivity index (χ3v) is 4.74. The first-order chi connectivity index (χ1) is 12.0. The number of carbonyl (C=O) groups excluding carboxylic acids is 1. The normalized spacial score (nSPS) is 17.9. The quantitative estimate of drug-likeness (QED) is 0.777. The average molecular weight is 373 g/mol. The lowest BCUT2D eigenvalue weighted by Crippen LogP contribution is -2.29. The van der Waals surface area contributed by atoms with Crippen molar-refractivity contribution in [2.24, 2.45) is 4.99 Å². The summed E-state index contributed by atoms with van der Waals surface area (Å²) in [5.41, 5.74) is 1.53. The van der Waals surface area contributed by atoms with Crippen LogP contribution in [0.15, 0.2) is 58.4 Å². The van der Waals surface area contributed by atoms with Crippen molar-refractivity contribution in [3.63, 3.8) is 0 Å².